The third-order valence-corrected chi connectivity index (χ3v) is 5.75. The van der Waals surface area contributed by atoms with Crippen LogP contribution in [0.3, 0.4) is 0 Å². The maximum atomic E-state index is 12.5. The second kappa shape index (κ2) is 11.0. The van der Waals surface area contributed by atoms with Crippen molar-refractivity contribution in [1.82, 2.24) is 9.80 Å². The van der Waals surface area contributed by atoms with Gasteiger partial charge in [0.15, 0.2) is 0 Å². The number of carbonyl (C=O) groups is 2. The van der Waals surface area contributed by atoms with Gasteiger partial charge in [-0.15, -0.1) is 0 Å². The van der Waals surface area contributed by atoms with Gasteiger partial charge < -0.3 is 20.2 Å². The number of urea groups is 1. The van der Waals surface area contributed by atoms with Gasteiger partial charge in [-0.1, -0.05) is 43.0 Å². The van der Waals surface area contributed by atoms with Crippen LogP contribution < -0.4 is 5.32 Å². The molecular weight excluding hydrogens is 413 g/mol. The minimum Gasteiger partial charge on any atom is -0.388 e. The van der Waals surface area contributed by atoms with Crippen LogP contribution in [0.4, 0.5) is 10.5 Å². The van der Waals surface area contributed by atoms with Crippen molar-refractivity contribution in [2.75, 3.05) is 31.5 Å². The maximum Gasteiger partial charge on any atom is 0.321 e. The molecule has 0 saturated carbocycles. The number of benzene rings is 1. The van der Waals surface area contributed by atoms with E-state index in [1.165, 1.54) is 0 Å². The Bertz CT molecular complexity index is 686. The zero-order chi connectivity index (χ0) is 21.4. The van der Waals surface area contributed by atoms with E-state index in [1.54, 1.807) is 28.0 Å². The third kappa shape index (κ3) is 7.36. The molecule has 8 heteroatoms. The highest BCUT2D eigenvalue weighted by atomic mass is 35.5. The van der Waals surface area contributed by atoms with E-state index >= 15 is 0 Å². The number of anilines is 1. The summed E-state index contributed by atoms with van der Waals surface area (Å²) in [6.45, 7) is 5.76. The van der Waals surface area contributed by atoms with E-state index in [2.05, 4.69) is 12.2 Å². The monoisotopic (exact) mass is 443 g/mol. The Morgan fingerprint density at radius 2 is 1.76 bits per heavy atom. The quantitative estimate of drug-likeness (QED) is 0.567. The lowest BCUT2D eigenvalue weighted by molar-refractivity contribution is -0.136. The molecule has 0 radical (unpaired) electrons. The van der Waals surface area contributed by atoms with Crippen LogP contribution in [0.25, 0.3) is 0 Å². The standard InChI is InChI=1S/C21H31Cl2N3O3/c1-3-5-6-7-19(27)25(4-2)15-21(29)8-10-26(11-9-21)20(28)24-18-13-16(22)12-17(23)14-18/h12-14,29H,3-11,15H2,1-2H3,(H,24,28). The van der Waals surface area contributed by atoms with Crippen molar-refractivity contribution < 1.29 is 14.7 Å². The van der Waals surface area contributed by atoms with Crippen LogP contribution in [0.15, 0.2) is 18.2 Å². The summed E-state index contributed by atoms with van der Waals surface area (Å²) in [6.07, 6.45) is 4.36. The molecule has 0 bridgehead atoms. The van der Waals surface area contributed by atoms with Crippen LogP contribution in [-0.4, -0.2) is 58.6 Å². The van der Waals surface area contributed by atoms with Gasteiger partial charge in [-0.25, -0.2) is 4.79 Å². The first-order valence-electron chi connectivity index (χ1n) is 10.3. The van der Waals surface area contributed by atoms with Gasteiger partial charge in [0, 0.05) is 48.3 Å². The Morgan fingerprint density at radius 1 is 1.14 bits per heavy atom. The molecular formula is C21H31Cl2N3O3. The number of carbonyl (C=O) groups excluding carboxylic acids is 2. The van der Waals surface area contributed by atoms with E-state index in [-0.39, 0.29) is 11.9 Å². The summed E-state index contributed by atoms with van der Waals surface area (Å²) >= 11 is 11.9. The predicted molar refractivity (Wildman–Crippen MR) is 118 cm³/mol. The van der Waals surface area contributed by atoms with Gasteiger partial charge in [-0.2, -0.15) is 0 Å². The number of likely N-dealkylation sites (N-methyl/N-ethyl adjacent to an activating group) is 1. The molecule has 0 spiro atoms. The van der Waals surface area contributed by atoms with E-state index in [4.69, 9.17) is 23.2 Å². The first-order valence-corrected chi connectivity index (χ1v) is 11.0. The summed E-state index contributed by atoms with van der Waals surface area (Å²) in [5.41, 5.74) is -0.435. The van der Waals surface area contributed by atoms with Crippen molar-refractivity contribution in [3.8, 4) is 0 Å². The minimum atomic E-state index is -0.966. The normalized spacial score (nSPS) is 15.8. The van der Waals surface area contributed by atoms with Crippen LogP contribution in [0.5, 0.6) is 0 Å². The summed E-state index contributed by atoms with van der Waals surface area (Å²) in [6, 6.07) is 4.61. The number of rotatable bonds is 8. The molecule has 1 aromatic rings. The highest BCUT2D eigenvalue weighted by Crippen LogP contribution is 2.26. The number of hydrogen-bond acceptors (Lipinski definition) is 3. The minimum absolute atomic E-state index is 0.0902. The van der Waals surface area contributed by atoms with Crippen LogP contribution in [0, 0.1) is 0 Å². The van der Waals surface area contributed by atoms with Crippen molar-refractivity contribution in [3.05, 3.63) is 28.2 Å². The molecule has 162 valence electrons. The molecule has 29 heavy (non-hydrogen) atoms. The summed E-state index contributed by atoms with van der Waals surface area (Å²) in [5.74, 6) is 0.0902. The zero-order valence-corrected chi connectivity index (χ0v) is 18.7. The molecule has 1 aromatic carbocycles. The van der Waals surface area contributed by atoms with E-state index in [0.717, 1.165) is 19.3 Å². The molecule has 1 aliphatic heterocycles. The van der Waals surface area contributed by atoms with Crippen molar-refractivity contribution in [3.63, 3.8) is 0 Å². The number of amides is 3. The van der Waals surface area contributed by atoms with E-state index in [9.17, 15) is 14.7 Å². The lowest BCUT2D eigenvalue weighted by Gasteiger charge is -2.40. The van der Waals surface area contributed by atoms with Gasteiger partial charge in [0.2, 0.25) is 5.91 Å². The Kier molecular flexibility index (Phi) is 9.05. The number of halogens is 2. The molecule has 1 saturated heterocycles. The molecule has 3 amide bonds. The van der Waals surface area contributed by atoms with Crippen LogP contribution in [0.1, 0.15) is 52.4 Å². The molecule has 0 aliphatic carbocycles. The van der Waals surface area contributed by atoms with Crippen LogP contribution in [0.2, 0.25) is 10.0 Å². The largest absolute Gasteiger partial charge is 0.388 e. The average Bonchev–Trinajstić information content (AvgIpc) is 2.66. The first kappa shape index (κ1) is 23.8. The summed E-state index contributed by atoms with van der Waals surface area (Å²) in [7, 11) is 0. The van der Waals surface area contributed by atoms with Gasteiger partial charge in [0.25, 0.3) is 0 Å². The topological polar surface area (TPSA) is 72.9 Å². The van der Waals surface area contributed by atoms with Crippen molar-refractivity contribution in [2.24, 2.45) is 0 Å². The zero-order valence-electron chi connectivity index (χ0n) is 17.2. The summed E-state index contributed by atoms with van der Waals surface area (Å²) in [4.78, 5) is 28.3. The fourth-order valence-corrected chi connectivity index (χ4v) is 4.05. The SMILES string of the molecule is CCCCCC(=O)N(CC)CC1(O)CCN(C(=O)Nc2cc(Cl)cc(Cl)c2)CC1. The molecule has 1 fully saturated rings. The fourth-order valence-electron chi connectivity index (χ4n) is 3.53. The molecule has 2 N–H and O–H groups in total. The van der Waals surface area contributed by atoms with Gasteiger partial charge in [-0.3, -0.25) is 4.79 Å². The Morgan fingerprint density at radius 3 is 2.31 bits per heavy atom. The van der Waals surface area contributed by atoms with E-state index in [0.29, 0.717) is 61.2 Å². The predicted octanol–water partition coefficient (Wildman–Crippen LogP) is 4.78. The van der Waals surface area contributed by atoms with Crippen molar-refractivity contribution >= 4 is 40.8 Å². The highest BCUT2D eigenvalue weighted by Gasteiger charge is 2.36. The molecule has 0 unspecified atom stereocenters. The van der Waals surface area contributed by atoms with Gasteiger partial charge >= 0.3 is 6.03 Å². The second-order valence-corrected chi connectivity index (χ2v) is 8.54. The molecule has 2 rings (SSSR count). The lowest BCUT2D eigenvalue weighted by atomic mass is 9.90. The third-order valence-electron chi connectivity index (χ3n) is 5.31. The Labute approximate surface area is 183 Å². The second-order valence-electron chi connectivity index (χ2n) is 7.66. The van der Waals surface area contributed by atoms with Gasteiger partial charge in [0.1, 0.15) is 0 Å². The number of hydrogen-bond donors (Lipinski definition) is 2. The molecule has 0 aromatic heterocycles. The smallest absolute Gasteiger partial charge is 0.321 e. The van der Waals surface area contributed by atoms with Crippen molar-refractivity contribution in [1.29, 1.82) is 0 Å². The molecule has 6 nitrogen and oxygen atoms in total. The Balaban J connectivity index is 1.87. The Hall–Kier alpha value is -1.50. The fraction of sp³-hybridized carbons (Fsp3) is 0.619. The first-order chi connectivity index (χ1) is 13.8. The molecule has 1 aliphatic rings. The number of unbranched alkanes of at least 4 members (excludes halogenated alkanes) is 2. The van der Waals surface area contributed by atoms with Gasteiger partial charge in [0.05, 0.1) is 5.60 Å². The van der Waals surface area contributed by atoms with Crippen LogP contribution >= 0.6 is 23.2 Å². The number of nitrogens with one attached hydrogen (secondary N) is 1. The number of aliphatic hydroxyl groups is 1. The van der Waals surface area contributed by atoms with Gasteiger partial charge in [-0.05, 0) is 44.4 Å². The number of likely N-dealkylation sites (tertiary alicyclic amines) is 1. The maximum absolute atomic E-state index is 12.5. The molecule has 1 heterocycles. The van der Waals surface area contributed by atoms with Crippen LogP contribution in [-0.2, 0) is 4.79 Å². The van der Waals surface area contributed by atoms with E-state index in [1.807, 2.05) is 6.92 Å². The lowest BCUT2D eigenvalue weighted by Crippen LogP contribution is -2.53. The highest BCUT2D eigenvalue weighted by molar-refractivity contribution is 6.35. The number of nitrogens with zero attached hydrogens (tertiary/aromatic N) is 2. The van der Waals surface area contributed by atoms with E-state index < -0.39 is 5.60 Å². The average molecular weight is 444 g/mol. The van der Waals surface area contributed by atoms with Crippen molar-refractivity contribution in [2.45, 2.75) is 58.0 Å². The summed E-state index contributed by atoms with van der Waals surface area (Å²) < 4.78 is 0. The number of piperidine rings is 1. The molecule has 0 atom stereocenters. The summed E-state index contributed by atoms with van der Waals surface area (Å²) in [5, 5.41) is 14.7.